The van der Waals surface area contributed by atoms with Crippen molar-refractivity contribution in [3.05, 3.63) is 42.5 Å². The summed E-state index contributed by atoms with van der Waals surface area (Å²) in [7, 11) is 1.56. The maximum absolute atomic E-state index is 11.8. The third kappa shape index (κ3) is 5.83. The number of aromatic nitrogens is 2. The molecule has 30 heavy (non-hydrogen) atoms. The van der Waals surface area contributed by atoms with Gasteiger partial charge in [0.1, 0.15) is 5.25 Å². The smallest absolute Gasteiger partial charge is 0.305 e. The summed E-state index contributed by atoms with van der Waals surface area (Å²) >= 11 is 1.04. The highest BCUT2D eigenvalue weighted by molar-refractivity contribution is 8.15. The maximum Gasteiger partial charge on any atom is 0.305 e. The summed E-state index contributed by atoms with van der Waals surface area (Å²) < 4.78 is 13.3. The Bertz CT molecular complexity index is 945. The number of hydrogen-bond acceptors (Lipinski definition) is 8. The molecule has 1 unspecified atom stereocenters. The highest BCUT2D eigenvalue weighted by Gasteiger charge is 2.32. The van der Waals surface area contributed by atoms with Gasteiger partial charge in [-0.1, -0.05) is 17.8 Å². The first-order valence-corrected chi connectivity index (χ1v) is 10.0. The van der Waals surface area contributed by atoms with Crippen LogP contribution >= 0.6 is 11.8 Å². The number of aryl methyl sites for hydroxylation is 1. The topological polar surface area (TPSA) is 127 Å². The lowest BCUT2D eigenvalue weighted by Gasteiger charge is -2.13. The van der Waals surface area contributed by atoms with E-state index in [2.05, 4.69) is 20.5 Å². The van der Waals surface area contributed by atoms with Crippen LogP contribution in [0.1, 0.15) is 18.4 Å². The lowest BCUT2D eigenvalue weighted by atomic mass is 10.2. The molecule has 2 N–H and O–H groups in total. The molecule has 1 aromatic heterocycles. The van der Waals surface area contributed by atoms with Crippen LogP contribution in [0.4, 0.5) is 0 Å². The summed E-state index contributed by atoms with van der Waals surface area (Å²) in [6.45, 7) is 1.25. The van der Waals surface area contributed by atoms with Crippen LogP contribution in [-0.2, 0) is 16.1 Å². The number of amides is 1. The standard InChI is InChI=1S/C19H21N5O5S/c1-28-14-5-2-4-13(17(14)29-9-3-7-24-8-6-20-12-24)11-21-23-19-22-18(27)15(30-19)10-16(25)26/h2,4-6,8,11-12,15H,3,7,9-10H2,1H3,(H,25,26)(H,22,23,27). The number of imidazole rings is 1. The van der Waals surface area contributed by atoms with E-state index in [1.54, 1.807) is 31.8 Å². The van der Waals surface area contributed by atoms with Crippen LogP contribution in [0.5, 0.6) is 11.5 Å². The van der Waals surface area contributed by atoms with Crippen molar-refractivity contribution in [2.24, 2.45) is 10.2 Å². The summed E-state index contributed by atoms with van der Waals surface area (Å²) in [5.74, 6) is -0.320. The van der Waals surface area contributed by atoms with Gasteiger partial charge >= 0.3 is 5.97 Å². The zero-order valence-electron chi connectivity index (χ0n) is 16.2. The molecule has 158 valence electrons. The second-order valence-corrected chi connectivity index (χ2v) is 7.42. The lowest BCUT2D eigenvalue weighted by Crippen LogP contribution is -2.26. The van der Waals surface area contributed by atoms with E-state index in [4.69, 9.17) is 14.6 Å². The van der Waals surface area contributed by atoms with Gasteiger partial charge in [0, 0.05) is 24.5 Å². The Morgan fingerprint density at radius 1 is 1.47 bits per heavy atom. The minimum atomic E-state index is -1.04. The van der Waals surface area contributed by atoms with Gasteiger partial charge < -0.3 is 24.5 Å². The van der Waals surface area contributed by atoms with Crippen LogP contribution in [0.3, 0.4) is 0 Å². The molecule has 0 radical (unpaired) electrons. The zero-order chi connectivity index (χ0) is 21.3. The third-order valence-corrected chi connectivity index (χ3v) is 5.15. The maximum atomic E-state index is 11.8. The molecule has 1 amide bonds. The highest BCUT2D eigenvalue weighted by atomic mass is 32.2. The third-order valence-electron chi connectivity index (χ3n) is 4.08. The number of ether oxygens (including phenoxy) is 2. The monoisotopic (exact) mass is 431 g/mol. The number of nitrogens with one attached hydrogen (secondary N) is 1. The summed E-state index contributed by atoms with van der Waals surface area (Å²) in [5, 5.41) is 18.9. The van der Waals surface area contributed by atoms with Crippen molar-refractivity contribution >= 4 is 35.0 Å². The molecule has 0 saturated carbocycles. The number of para-hydroxylation sites is 1. The number of hydrogen-bond donors (Lipinski definition) is 2. The number of carbonyl (C=O) groups is 2. The molecule has 1 atom stereocenters. The van der Waals surface area contributed by atoms with Gasteiger partial charge in [0.05, 0.1) is 32.7 Å². The number of carbonyl (C=O) groups excluding carboxylic acids is 1. The van der Waals surface area contributed by atoms with Crippen LogP contribution in [0, 0.1) is 0 Å². The molecule has 0 aliphatic carbocycles. The molecule has 0 spiro atoms. The summed E-state index contributed by atoms with van der Waals surface area (Å²) in [6, 6.07) is 5.41. The fourth-order valence-electron chi connectivity index (χ4n) is 2.68. The van der Waals surface area contributed by atoms with Gasteiger partial charge in [0.2, 0.25) is 5.91 Å². The fraction of sp³-hybridized carbons (Fsp3) is 0.316. The number of carboxylic acids is 1. The predicted octanol–water partition coefficient (Wildman–Crippen LogP) is 1.76. The van der Waals surface area contributed by atoms with Crippen molar-refractivity contribution in [2.75, 3.05) is 13.7 Å². The number of rotatable bonds is 10. The Labute approximate surface area is 177 Å². The molecule has 2 aromatic rings. The van der Waals surface area contributed by atoms with Crippen LogP contribution < -0.4 is 14.8 Å². The predicted molar refractivity (Wildman–Crippen MR) is 112 cm³/mol. The average Bonchev–Trinajstić information content (AvgIpc) is 3.35. The molecule has 2 heterocycles. The largest absolute Gasteiger partial charge is 0.493 e. The van der Waals surface area contributed by atoms with Crippen LogP contribution in [0.25, 0.3) is 0 Å². The molecule has 1 aromatic carbocycles. The van der Waals surface area contributed by atoms with E-state index in [0.717, 1.165) is 24.7 Å². The Balaban J connectivity index is 1.63. The Morgan fingerprint density at radius 2 is 2.33 bits per heavy atom. The quantitative estimate of drug-likeness (QED) is 0.333. The number of aliphatic carboxylic acids is 1. The van der Waals surface area contributed by atoms with E-state index in [0.29, 0.717) is 23.7 Å². The van der Waals surface area contributed by atoms with Gasteiger partial charge in [-0.25, -0.2) is 4.98 Å². The number of benzene rings is 1. The van der Waals surface area contributed by atoms with Crippen molar-refractivity contribution in [1.82, 2.24) is 14.9 Å². The van der Waals surface area contributed by atoms with E-state index < -0.39 is 11.2 Å². The van der Waals surface area contributed by atoms with E-state index in [9.17, 15) is 9.59 Å². The SMILES string of the molecule is COc1cccc(C=NN=C2NC(=O)C(CC(=O)O)S2)c1OCCCn1ccnc1. The summed E-state index contributed by atoms with van der Waals surface area (Å²) in [6.07, 6.45) is 7.37. The minimum absolute atomic E-state index is 0.258. The van der Waals surface area contributed by atoms with Crippen molar-refractivity contribution in [1.29, 1.82) is 0 Å². The molecule has 1 aliphatic heterocycles. The van der Waals surface area contributed by atoms with E-state index in [1.807, 2.05) is 16.8 Å². The molecule has 3 rings (SSSR count). The van der Waals surface area contributed by atoms with Crippen molar-refractivity contribution in [2.45, 2.75) is 24.6 Å². The van der Waals surface area contributed by atoms with Gasteiger partial charge in [0.15, 0.2) is 16.7 Å². The molecular formula is C19H21N5O5S. The van der Waals surface area contributed by atoms with Crippen molar-refractivity contribution in [3.63, 3.8) is 0 Å². The fourth-order valence-corrected chi connectivity index (χ4v) is 3.59. The second-order valence-electron chi connectivity index (χ2n) is 6.22. The number of amidine groups is 1. The van der Waals surface area contributed by atoms with E-state index in [1.165, 1.54) is 6.21 Å². The average molecular weight is 431 g/mol. The molecule has 1 aliphatic rings. The zero-order valence-corrected chi connectivity index (χ0v) is 17.0. The normalized spacial score (nSPS) is 17.4. The number of nitrogens with zero attached hydrogens (tertiary/aromatic N) is 4. The number of carboxylic acid groups (broad SMARTS) is 1. The molecule has 10 nitrogen and oxygen atoms in total. The highest BCUT2D eigenvalue weighted by Crippen LogP contribution is 2.30. The number of methoxy groups -OCH3 is 1. The van der Waals surface area contributed by atoms with Gasteiger partial charge in [0.25, 0.3) is 0 Å². The molecular weight excluding hydrogens is 410 g/mol. The lowest BCUT2D eigenvalue weighted by molar-refractivity contribution is -0.138. The van der Waals surface area contributed by atoms with Crippen molar-refractivity contribution in [3.8, 4) is 11.5 Å². The summed E-state index contributed by atoms with van der Waals surface area (Å²) in [4.78, 5) is 26.5. The number of thioether (sulfide) groups is 1. The van der Waals surface area contributed by atoms with E-state index in [-0.39, 0.29) is 17.5 Å². The Morgan fingerprint density at radius 3 is 3.07 bits per heavy atom. The first kappa shape index (κ1) is 21.4. The molecule has 11 heteroatoms. The Hall–Kier alpha value is -3.34. The van der Waals surface area contributed by atoms with Crippen LogP contribution in [0.15, 0.2) is 47.1 Å². The summed E-state index contributed by atoms with van der Waals surface area (Å²) in [5.41, 5.74) is 0.665. The minimum Gasteiger partial charge on any atom is -0.493 e. The second kappa shape index (κ2) is 10.4. The van der Waals surface area contributed by atoms with Crippen LogP contribution in [-0.4, -0.2) is 56.9 Å². The first-order chi connectivity index (χ1) is 14.6. The van der Waals surface area contributed by atoms with Crippen LogP contribution in [0.2, 0.25) is 0 Å². The first-order valence-electron chi connectivity index (χ1n) is 9.12. The van der Waals surface area contributed by atoms with Crippen molar-refractivity contribution < 1.29 is 24.2 Å². The van der Waals surface area contributed by atoms with Gasteiger partial charge in [-0.05, 0) is 18.6 Å². The van der Waals surface area contributed by atoms with Gasteiger partial charge in [-0.15, -0.1) is 5.10 Å². The van der Waals surface area contributed by atoms with Gasteiger partial charge in [-0.2, -0.15) is 5.10 Å². The Kier molecular flexibility index (Phi) is 7.44. The molecule has 1 fully saturated rings. The molecule has 0 bridgehead atoms. The van der Waals surface area contributed by atoms with E-state index >= 15 is 0 Å². The molecule has 1 saturated heterocycles. The van der Waals surface area contributed by atoms with Gasteiger partial charge in [-0.3, -0.25) is 9.59 Å².